The van der Waals surface area contributed by atoms with Gasteiger partial charge in [-0.25, -0.2) is 4.68 Å². The average Bonchev–Trinajstić information content (AvgIpc) is 2.58. The van der Waals surface area contributed by atoms with Gasteiger partial charge in [-0.05, 0) is 19.3 Å². The molecule has 6 heteroatoms. The number of anilines is 1. The molecule has 0 bridgehead atoms. The zero-order chi connectivity index (χ0) is 13.7. The Hall–Kier alpha value is -1.40. The number of carbonyl (C=O) groups excluding carboxylic acids is 1. The smallest absolute Gasteiger partial charge is 0.242 e. The van der Waals surface area contributed by atoms with Crippen molar-refractivity contribution in [3.63, 3.8) is 0 Å². The number of aliphatic hydroxyl groups is 1. The first-order valence-corrected chi connectivity index (χ1v) is 6.15. The third-order valence-electron chi connectivity index (χ3n) is 2.53. The Balaban J connectivity index is 2.68. The van der Waals surface area contributed by atoms with E-state index in [0.29, 0.717) is 24.7 Å². The van der Waals surface area contributed by atoms with Crippen LogP contribution in [0.25, 0.3) is 0 Å². The summed E-state index contributed by atoms with van der Waals surface area (Å²) >= 11 is 0. The average molecular weight is 254 g/mol. The molecule has 1 amide bonds. The van der Waals surface area contributed by atoms with Crippen LogP contribution in [0.2, 0.25) is 0 Å². The number of aryl methyl sites for hydroxylation is 1. The molecule has 0 aromatic carbocycles. The Kier molecular flexibility index (Phi) is 5.30. The Bertz CT molecular complexity index is 401. The highest BCUT2D eigenvalue weighted by Gasteiger charge is 2.17. The van der Waals surface area contributed by atoms with Crippen molar-refractivity contribution >= 4 is 11.7 Å². The third kappa shape index (κ3) is 4.12. The first kappa shape index (κ1) is 14.7. The summed E-state index contributed by atoms with van der Waals surface area (Å²) in [7, 11) is 0. The molecule has 6 nitrogen and oxygen atoms in total. The minimum Gasteiger partial charge on any atom is -0.394 e. The van der Waals surface area contributed by atoms with Crippen LogP contribution in [0.5, 0.6) is 0 Å². The SMILES string of the molecule is Cc1cc(NC(=O)[C@@H](N)CC(C)C)n(CCO)n1. The second kappa shape index (κ2) is 6.51. The molecular formula is C12H22N4O2. The van der Waals surface area contributed by atoms with Gasteiger partial charge >= 0.3 is 0 Å². The summed E-state index contributed by atoms with van der Waals surface area (Å²) in [6, 6.07) is 1.23. The fourth-order valence-electron chi connectivity index (χ4n) is 1.75. The maximum atomic E-state index is 11.9. The topological polar surface area (TPSA) is 93.2 Å². The molecule has 102 valence electrons. The molecule has 1 rings (SSSR count). The Morgan fingerprint density at radius 2 is 2.28 bits per heavy atom. The number of aromatic nitrogens is 2. The van der Waals surface area contributed by atoms with Crippen molar-refractivity contribution in [2.45, 2.75) is 39.8 Å². The first-order chi connectivity index (χ1) is 8.43. The van der Waals surface area contributed by atoms with Crippen molar-refractivity contribution in [2.75, 3.05) is 11.9 Å². The van der Waals surface area contributed by atoms with E-state index in [1.807, 2.05) is 20.8 Å². The van der Waals surface area contributed by atoms with Gasteiger partial charge in [0.2, 0.25) is 5.91 Å². The van der Waals surface area contributed by atoms with E-state index >= 15 is 0 Å². The van der Waals surface area contributed by atoms with Gasteiger partial charge < -0.3 is 16.2 Å². The summed E-state index contributed by atoms with van der Waals surface area (Å²) in [4.78, 5) is 11.9. The van der Waals surface area contributed by atoms with Crippen LogP contribution in [0.4, 0.5) is 5.82 Å². The maximum absolute atomic E-state index is 11.9. The Labute approximate surface area is 107 Å². The molecule has 1 aromatic rings. The number of hydrogen-bond donors (Lipinski definition) is 3. The van der Waals surface area contributed by atoms with Crippen molar-refractivity contribution in [3.8, 4) is 0 Å². The number of carbonyl (C=O) groups is 1. The number of amides is 1. The summed E-state index contributed by atoms with van der Waals surface area (Å²) in [5, 5.41) is 15.8. The lowest BCUT2D eigenvalue weighted by Gasteiger charge is -2.14. The quantitative estimate of drug-likeness (QED) is 0.689. The molecule has 0 aliphatic carbocycles. The van der Waals surface area contributed by atoms with E-state index in [0.717, 1.165) is 5.69 Å². The molecule has 1 heterocycles. The Morgan fingerprint density at radius 1 is 1.61 bits per heavy atom. The monoisotopic (exact) mass is 254 g/mol. The number of hydrogen-bond acceptors (Lipinski definition) is 4. The van der Waals surface area contributed by atoms with E-state index in [2.05, 4.69) is 10.4 Å². The highest BCUT2D eigenvalue weighted by Crippen LogP contribution is 2.11. The molecule has 1 atom stereocenters. The number of nitrogens with one attached hydrogen (secondary N) is 1. The minimum absolute atomic E-state index is 0.0258. The van der Waals surface area contributed by atoms with E-state index in [4.69, 9.17) is 10.8 Å². The van der Waals surface area contributed by atoms with E-state index < -0.39 is 6.04 Å². The molecule has 0 aliphatic rings. The van der Waals surface area contributed by atoms with Gasteiger partial charge in [-0.15, -0.1) is 0 Å². The molecule has 0 unspecified atom stereocenters. The largest absolute Gasteiger partial charge is 0.394 e. The number of nitrogens with zero attached hydrogens (tertiary/aromatic N) is 2. The fraction of sp³-hybridized carbons (Fsp3) is 0.667. The molecule has 0 aliphatic heterocycles. The number of aliphatic hydroxyl groups excluding tert-OH is 1. The van der Waals surface area contributed by atoms with E-state index in [1.54, 1.807) is 10.7 Å². The van der Waals surface area contributed by atoms with Crippen LogP contribution < -0.4 is 11.1 Å². The summed E-state index contributed by atoms with van der Waals surface area (Å²) < 4.78 is 1.56. The van der Waals surface area contributed by atoms with E-state index in [9.17, 15) is 4.79 Å². The van der Waals surface area contributed by atoms with Gasteiger partial charge in [0.05, 0.1) is 24.9 Å². The molecule has 4 N–H and O–H groups in total. The molecule has 0 saturated heterocycles. The summed E-state index contributed by atoms with van der Waals surface area (Å²) in [6.45, 7) is 6.20. The first-order valence-electron chi connectivity index (χ1n) is 6.15. The van der Waals surface area contributed by atoms with Gasteiger partial charge in [0.25, 0.3) is 0 Å². The zero-order valence-corrected chi connectivity index (χ0v) is 11.2. The number of rotatable bonds is 6. The maximum Gasteiger partial charge on any atom is 0.242 e. The molecule has 0 fully saturated rings. The van der Waals surface area contributed by atoms with Gasteiger partial charge in [0.15, 0.2) is 0 Å². The summed E-state index contributed by atoms with van der Waals surface area (Å²) in [6.07, 6.45) is 0.638. The number of nitrogens with two attached hydrogens (primary N) is 1. The zero-order valence-electron chi connectivity index (χ0n) is 11.2. The van der Waals surface area contributed by atoms with Crippen LogP contribution in [0.1, 0.15) is 26.0 Å². The highest BCUT2D eigenvalue weighted by atomic mass is 16.3. The highest BCUT2D eigenvalue weighted by molar-refractivity contribution is 5.94. The molecule has 0 spiro atoms. The van der Waals surface area contributed by atoms with Crippen LogP contribution in [-0.2, 0) is 11.3 Å². The molecule has 0 radical (unpaired) electrons. The third-order valence-corrected chi connectivity index (χ3v) is 2.53. The van der Waals surface area contributed by atoms with Gasteiger partial charge in [0.1, 0.15) is 5.82 Å². The lowest BCUT2D eigenvalue weighted by Crippen LogP contribution is -2.37. The predicted molar refractivity (Wildman–Crippen MR) is 70.1 cm³/mol. The minimum atomic E-state index is -0.525. The van der Waals surface area contributed by atoms with E-state index in [-0.39, 0.29) is 12.5 Å². The summed E-state index contributed by atoms with van der Waals surface area (Å²) in [5.41, 5.74) is 6.59. The van der Waals surface area contributed by atoms with Crippen LogP contribution in [0, 0.1) is 12.8 Å². The second-order valence-corrected chi connectivity index (χ2v) is 4.84. The lowest BCUT2D eigenvalue weighted by molar-refractivity contribution is -0.117. The molecular weight excluding hydrogens is 232 g/mol. The van der Waals surface area contributed by atoms with Crippen molar-refractivity contribution < 1.29 is 9.90 Å². The van der Waals surface area contributed by atoms with Gasteiger partial charge in [-0.3, -0.25) is 4.79 Å². The fourth-order valence-corrected chi connectivity index (χ4v) is 1.75. The second-order valence-electron chi connectivity index (χ2n) is 4.84. The Morgan fingerprint density at radius 3 is 2.83 bits per heavy atom. The van der Waals surface area contributed by atoms with Gasteiger partial charge in [-0.2, -0.15) is 5.10 Å². The van der Waals surface area contributed by atoms with Crippen molar-refractivity contribution in [2.24, 2.45) is 11.7 Å². The van der Waals surface area contributed by atoms with Crippen LogP contribution in [0.3, 0.4) is 0 Å². The predicted octanol–water partition coefficient (Wildman–Crippen LogP) is 0.496. The summed E-state index contributed by atoms with van der Waals surface area (Å²) in [5.74, 6) is 0.725. The van der Waals surface area contributed by atoms with Crippen molar-refractivity contribution in [1.82, 2.24) is 9.78 Å². The van der Waals surface area contributed by atoms with Crippen LogP contribution in [0.15, 0.2) is 6.07 Å². The van der Waals surface area contributed by atoms with Crippen LogP contribution >= 0.6 is 0 Å². The molecule has 0 saturated carbocycles. The van der Waals surface area contributed by atoms with Gasteiger partial charge in [-0.1, -0.05) is 13.8 Å². The lowest BCUT2D eigenvalue weighted by atomic mass is 10.0. The molecule has 1 aromatic heterocycles. The van der Waals surface area contributed by atoms with Crippen molar-refractivity contribution in [1.29, 1.82) is 0 Å². The van der Waals surface area contributed by atoms with Crippen LogP contribution in [-0.4, -0.2) is 33.4 Å². The van der Waals surface area contributed by atoms with E-state index in [1.165, 1.54) is 0 Å². The normalized spacial score (nSPS) is 12.8. The molecule has 18 heavy (non-hydrogen) atoms. The van der Waals surface area contributed by atoms with Gasteiger partial charge in [0, 0.05) is 6.07 Å². The van der Waals surface area contributed by atoms with Crippen molar-refractivity contribution in [3.05, 3.63) is 11.8 Å². The standard InChI is InChI=1S/C12H22N4O2/c1-8(2)6-10(13)12(18)14-11-7-9(3)15-16(11)4-5-17/h7-8,10,17H,4-6,13H2,1-3H3,(H,14,18)/t10-/m0/s1.